The second-order valence-corrected chi connectivity index (χ2v) is 3.80. The van der Waals surface area contributed by atoms with Crippen molar-refractivity contribution >= 4 is 5.97 Å². The van der Waals surface area contributed by atoms with E-state index in [0.717, 1.165) is 0 Å². The Morgan fingerprint density at radius 2 is 1.60 bits per heavy atom. The number of nitrogens with one attached hydrogen (secondary N) is 2. The molecule has 0 radical (unpaired) electrons. The van der Waals surface area contributed by atoms with Gasteiger partial charge in [-0.15, -0.1) is 0 Å². The lowest BCUT2D eigenvalue weighted by molar-refractivity contribution is -0.147. The lowest BCUT2D eigenvalue weighted by atomic mass is 9.90. The van der Waals surface area contributed by atoms with Gasteiger partial charge in [-0.1, -0.05) is 0 Å². The monoisotopic (exact) mass is 218 g/mol. The third-order valence-electron chi connectivity index (χ3n) is 2.19. The SMILES string of the molecule is CC(CNCCN)(CNCCN)C(=O)O. The molecule has 0 fully saturated rings. The number of carbonyl (C=O) groups is 1. The van der Waals surface area contributed by atoms with Crippen molar-refractivity contribution in [2.45, 2.75) is 6.92 Å². The van der Waals surface area contributed by atoms with E-state index < -0.39 is 11.4 Å². The van der Waals surface area contributed by atoms with Crippen molar-refractivity contribution in [2.24, 2.45) is 16.9 Å². The zero-order valence-electron chi connectivity index (χ0n) is 9.25. The van der Waals surface area contributed by atoms with E-state index in [2.05, 4.69) is 10.6 Å². The highest BCUT2D eigenvalue weighted by molar-refractivity contribution is 5.74. The summed E-state index contributed by atoms with van der Waals surface area (Å²) < 4.78 is 0. The van der Waals surface area contributed by atoms with E-state index in [4.69, 9.17) is 16.6 Å². The molecule has 90 valence electrons. The molecule has 0 aromatic carbocycles. The molecule has 0 aliphatic heterocycles. The zero-order chi connectivity index (χ0) is 11.7. The van der Waals surface area contributed by atoms with Gasteiger partial charge in [-0.3, -0.25) is 4.79 Å². The van der Waals surface area contributed by atoms with Crippen LogP contribution >= 0.6 is 0 Å². The topological polar surface area (TPSA) is 113 Å². The van der Waals surface area contributed by atoms with Gasteiger partial charge in [0, 0.05) is 39.3 Å². The van der Waals surface area contributed by atoms with Crippen LogP contribution in [0.3, 0.4) is 0 Å². The van der Waals surface area contributed by atoms with Crippen molar-refractivity contribution in [3.05, 3.63) is 0 Å². The molecule has 6 heteroatoms. The minimum atomic E-state index is -0.823. The minimum absolute atomic E-state index is 0.400. The Labute approximate surface area is 90.4 Å². The summed E-state index contributed by atoms with van der Waals surface area (Å²) in [6.07, 6.45) is 0. The van der Waals surface area contributed by atoms with Crippen LogP contribution < -0.4 is 22.1 Å². The molecule has 6 nitrogen and oxygen atoms in total. The van der Waals surface area contributed by atoms with Crippen LogP contribution in [0.15, 0.2) is 0 Å². The molecule has 15 heavy (non-hydrogen) atoms. The van der Waals surface area contributed by atoms with Gasteiger partial charge in [0.25, 0.3) is 0 Å². The zero-order valence-corrected chi connectivity index (χ0v) is 9.25. The van der Waals surface area contributed by atoms with Crippen molar-refractivity contribution in [3.8, 4) is 0 Å². The fraction of sp³-hybridized carbons (Fsp3) is 0.889. The van der Waals surface area contributed by atoms with Gasteiger partial charge in [-0.2, -0.15) is 0 Å². The molecule has 0 unspecified atom stereocenters. The molecule has 0 aromatic rings. The highest BCUT2D eigenvalue weighted by Crippen LogP contribution is 2.13. The standard InChI is InChI=1S/C9H22N4O2/c1-9(8(14)15,6-12-4-2-10)7-13-5-3-11/h12-13H,2-7,10-11H2,1H3,(H,14,15). The molecular weight excluding hydrogens is 196 g/mol. The molecule has 0 atom stereocenters. The number of rotatable bonds is 9. The maximum absolute atomic E-state index is 11.1. The Bertz CT molecular complexity index is 177. The van der Waals surface area contributed by atoms with Crippen LogP contribution in [-0.4, -0.2) is 50.3 Å². The van der Waals surface area contributed by atoms with Crippen molar-refractivity contribution < 1.29 is 9.90 Å². The molecule has 0 bridgehead atoms. The Kier molecular flexibility index (Phi) is 7.23. The summed E-state index contributed by atoms with van der Waals surface area (Å²) in [4.78, 5) is 11.1. The summed E-state index contributed by atoms with van der Waals surface area (Å²) in [6, 6.07) is 0. The lowest BCUT2D eigenvalue weighted by Crippen LogP contribution is -2.47. The molecule has 7 N–H and O–H groups in total. The molecule has 0 rings (SSSR count). The maximum atomic E-state index is 11.1. The molecule has 0 saturated heterocycles. The van der Waals surface area contributed by atoms with Gasteiger partial charge in [0.1, 0.15) is 0 Å². The molecular formula is C9H22N4O2. The van der Waals surface area contributed by atoms with Crippen LogP contribution in [0.1, 0.15) is 6.92 Å². The highest BCUT2D eigenvalue weighted by atomic mass is 16.4. The van der Waals surface area contributed by atoms with Crippen molar-refractivity contribution in [2.75, 3.05) is 39.3 Å². The average molecular weight is 218 g/mol. The fourth-order valence-corrected chi connectivity index (χ4v) is 1.15. The molecule has 0 amide bonds. The van der Waals surface area contributed by atoms with Gasteiger partial charge >= 0.3 is 5.97 Å². The fourth-order valence-electron chi connectivity index (χ4n) is 1.15. The van der Waals surface area contributed by atoms with Gasteiger partial charge in [-0.25, -0.2) is 0 Å². The normalized spacial score (nSPS) is 11.7. The third kappa shape index (κ3) is 5.68. The number of nitrogens with two attached hydrogens (primary N) is 2. The van der Waals surface area contributed by atoms with Crippen molar-refractivity contribution in [1.82, 2.24) is 10.6 Å². The average Bonchev–Trinajstić information content (AvgIpc) is 2.18. The Morgan fingerprint density at radius 3 is 1.87 bits per heavy atom. The second kappa shape index (κ2) is 7.58. The van der Waals surface area contributed by atoms with Crippen molar-refractivity contribution in [1.29, 1.82) is 0 Å². The van der Waals surface area contributed by atoms with Crippen LogP contribution in [0.4, 0.5) is 0 Å². The van der Waals surface area contributed by atoms with Gasteiger partial charge in [0.15, 0.2) is 0 Å². The predicted molar refractivity (Wildman–Crippen MR) is 59.6 cm³/mol. The van der Waals surface area contributed by atoms with Crippen LogP contribution in [0.2, 0.25) is 0 Å². The largest absolute Gasteiger partial charge is 0.481 e. The maximum Gasteiger partial charge on any atom is 0.311 e. The minimum Gasteiger partial charge on any atom is -0.481 e. The molecule has 0 aromatic heterocycles. The highest BCUT2D eigenvalue weighted by Gasteiger charge is 2.32. The molecule has 0 spiro atoms. The Hall–Kier alpha value is -0.690. The summed E-state index contributed by atoms with van der Waals surface area (Å²) in [5.74, 6) is -0.823. The number of carboxylic acid groups (broad SMARTS) is 1. The summed E-state index contributed by atoms with van der Waals surface area (Å²) in [5.41, 5.74) is 9.81. The number of aliphatic carboxylic acids is 1. The summed E-state index contributed by atoms with van der Waals surface area (Å²) in [6.45, 7) is 4.76. The number of hydrogen-bond acceptors (Lipinski definition) is 5. The third-order valence-corrected chi connectivity index (χ3v) is 2.19. The van der Waals surface area contributed by atoms with E-state index in [1.54, 1.807) is 6.92 Å². The molecule has 0 heterocycles. The summed E-state index contributed by atoms with van der Waals surface area (Å²) in [5, 5.41) is 15.1. The van der Waals surface area contributed by atoms with Gasteiger partial charge in [0.05, 0.1) is 5.41 Å². The smallest absolute Gasteiger partial charge is 0.311 e. The first kappa shape index (κ1) is 14.3. The van der Waals surface area contributed by atoms with Gasteiger partial charge < -0.3 is 27.2 Å². The summed E-state index contributed by atoms with van der Waals surface area (Å²) in [7, 11) is 0. The quantitative estimate of drug-likeness (QED) is 0.291. The lowest BCUT2D eigenvalue weighted by Gasteiger charge is -2.25. The van der Waals surface area contributed by atoms with E-state index >= 15 is 0 Å². The van der Waals surface area contributed by atoms with Gasteiger partial charge in [-0.05, 0) is 6.92 Å². The van der Waals surface area contributed by atoms with Crippen LogP contribution in [0.5, 0.6) is 0 Å². The van der Waals surface area contributed by atoms with E-state index in [1.807, 2.05) is 0 Å². The summed E-state index contributed by atoms with van der Waals surface area (Å²) >= 11 is 0. The number of carboxylic acids is 1. The number of hydrogen-bond donors (Lipinski definition) is 5. The van der Waals surface area contributed by atoms with Crippen LogP contribution in [-0.2, 0) is 4.79 Å². The van der Waals surface area contributed by atoms with E-state index in [-0.39, 0.29) is 0 Å². The molecule has 0 aliphatic carbocycles. The Morgan fingerprint density at radius 1 is 1.20 bits per heavy atom. The van der Waals surface area contributed by atoms with Crippen LogP contribution in [0, 0.1) is 5.41 Å². The first-order chi connectivity index (χ1) is 7.06. The molecule has 0 saturated carbocycles. The first-order valence-corrected chi connectivity index (χ1v) is 5.12. The van der Waals surface area contributed by atoms with Crippen LogP contribution in [0.25, 0.3) is 0 Å². The van der Waals surface area contributed by atoms with E-state index in [1.165, 1.54) is 0 Å². The van der Waals surface area contributed by atoms with Crippen molar-refractivity contribution in [3.63, 3.8) is 0 Å². The predicted octanol–water partition coefficient (Wildman–Crippen LogP) is -1.83. The molecule has 0 aliphatic rings. The first-order valence-electron chi connectivity index (χ1n) is 5.12. The Balaban J connectivity index is 4.01. The second-order valence-electron chi connectivity index (χ2n) is 3.80. The van der Waals surface area contributed by atoms with E-state index in [0.29, 0.717) is 39.3 Å². The van der Waals surface area contributed by atoms with E-state index in [9.17, 15) is 4.79 Å². The van der Waals surface area contributed by atoms with Gasteiger partial charge in [0.2, 0.25) is 0 Å².